The molecule has 70 valence electrons. The Balaban J connectivity index is 2.24. The molecule has 1 unspecified atom stereocenters. The van der Waals surface area contributed by atoms with Crippen LogP contribution in [-0.2, 0) is 4.79 Å². The van der Waals surface area contributed by atoms with Gasteiger partial charge in [-0.1, -0.05) is 0 Å². The Kier molecular flexibility index (Phi) is 2.07. The van der Waals surface area contributed by atoms with E-state index < -0.39 is 5.97 Å². The van der Waals surface area contributed by atoms with Crippen LogP contribution in [0.5, 0.6) is 0 Å². The van der Waals surface area contributed by atoms with Crippen molar-refractivity contribution in [1.29, 1.82) is 0 Å². The maximum absolute atomic E-state index is 11.0. The number of nitrogens with zero attached hydrogens (tertiary/aromatic N) is 1. The molecule has 0 aromatic carbocycles. The fourth-order valence-electron chi connectivity index (χ4n) is 1.45. The van der Waals surface area contributed by atoms with Crippen LogP contribution in [0.1, 0.15) is 29.5 Å². The highest BCUT2D eigenvalue weighted by Gasteiger charge is 2.39. The van der Waals surface area contributed by atoms with Crippen LogP contribution in [0.25, 0.3) is 0 Å². The Hall–Kier alpha value is -0.900. The topological polar surface area (TPSA) is 50.2 Å². The van der Waals surface area contributed by atoms with Crippen LogP contribution in [0, 0.1) is 12.8 Å². The van der Waals surface area contributed by atoms with Crippen molar-refractivity contribution in [2.75, 3.05) is 0 Å². The third-order valence-corrected chi connectivity index (χ3v) is 3.31. The first-order chi connectivity index (χ1) is 6.18. The number of hydrogen-bond acceptors (Lipinski definition) is 3. The predicted octanol–water partition coefficient (Wildman–Crippen LogP) is 2.03. The number of rotatable bonds is 3. The summed E-state index contributed by atoms with van der Waals surface area (Å²) in [5.74, 6) is -0.737. The summed E-state index contributed by atoms with van der Waals surface area (Å²) >= 11 is 1.46. The molecule has 2 rings (SSSR count). The summed E-state index contributed by atoms with van der Waals surface area (Å²) in [5, 5.41) is 11.7. The van der Waals surface area contributed by atoms with Crippen LogP contribution in [0.15, 0.2) is 5.38 Å². The third kappa shape index (κ3) is 1.72. The number of carboxylic acid groups (broad SMARTS) is 1. The Bertz CT molecular complexity index is 330. The van der Waals surface area contributed by atoms with Gasteiger partial charge >= 0.3 is 5.97 Å². The van der Waals surface area contributed by atoms with Crippen LogP contribution in [0.3, 0.4) is 0 Å². The van der Waals surface area contributed by atoms with Gasteiger partial charge < -0.3 is 5.11 Å². The second kappa shape index (κ2) is 3.10. The van der Waals surface area contributed by atoms with Crippen molar-refractivity contribution in [3.63, 3.8) is 0 Å². The lowest BCUT2D eigenvalue weighted by atomic mass is 10.1. The zero-order valence-electron chi connectivity index (χ0n) is 7.36. The first kappa shape index (κ1) is 8.69. The SMILES string of the molecule is Cc1csc(C(C(=O)O)C2CC2)n1. The second-order valence-corrected chi connectivity index (χ2v) is 4.37. The van der Waals surface area contributed by atoms with Gasteiger partial charge in [0.25, 0.3) is 0 Å². The lowest BCUT2D eigenvalue weighted by molar-refractivity contribution is -0.139. The highest BCUT2D eigenvalue weighted by atomic mass is 32.1. The average Bonchev–Trinajstić information content (AvgIpc) is 2.76. The maximum Gasteiger partial charge on any atom is 0.313 e. The van der Waals surface area contributed by atoms with Crippen molar-refractivity contribution >= 4 is 17.3 Å². The van der Waals surface area contributed by atoms with Gasteiger partial charge in [-0.25, -0.2) is 4.98 Å². The van der Waals surface area contributed by atoms with Gasteiger partial charge in [0.15, 0.2) is 0 Å². The number of aromatic nitrogens is 1. The number of carboxylic acids is 1. The van der Waals surface area contributed by atoms with Gasteiger partial charge in [0.2, 0.25) is 0 Å². The Labute approximate surface area is 80.4 Å². The highest BCUT2D eigenvalue weighted by Crippen LogP contribution is 2.43. The van der Waals surface area contributed by atoms with Gasteiger partial charge in [-0.05, 0) is 25.7 Å². The summed E-state index contributed by atoms with van der Waals surface area (Å²) in [6, 6.07) is 0. The number of thiazole rings is 1. The molecule has 1 heterocycles. The first-order valence-electron chi connectivity index (χ1n) is 4.33. The van der Waals surface area contributed by atoms with Crippen LogP contribution in [0.2, 0.25) is 0 Å². The molecule has 4 heteroatoms. The van der Waals surface area contributed by atoms with E-state index in [4.69, 9.17) is 5.11 Å². The Morgan fingerprint density at radius 3 is 2.85 bits per heavy atom. The van der Waals surface area contributed by atoms with Gasteiger partial charge in [0, 0.05) is 11.1 Å². The zero-order chi connectivity index (χ0) is 9.42. The molecule has 1 N–H and O–H groups in total. The normalized spacial score (nSPS) is 18.5. The number of aryl methyl sites for hydroxylation is 1. The van der Waals surface area contributed by atoms with Crippen molar-refractivity contribution in [1.82, 2.24) is 4.98 Å². The highest BCUT2D eigenvalue weighted by molar-refractivity contribution is 7.09. The minimum Gasteiger partial charge on any atom is -0.481 e. The van der Waals surface area contributed by atoms with Crippen LogP contribution in [0.4, 0.5) is 0 Å². The van der Waals surface area contributed by atoms with E-state index in [1.165, 1.54) is 11.3 Å². The minimum atomic E-state index is -0.725. The molecular weight excluding hydrogens is 186 g/mol. The van der Waals surface area contributed by atoms with Gasteiger partial charge in [-0.3, -0.25) is 4.79 Å². The minimum absolute atomic E-state index is 0.336. The molecule has 1 aliphatic carbocycles. The summed E-state index contributed by atoms with van der Waals surface area (Å²) in [7, 11) is 0. The largest absolute Gasteiger partial charge is 0.481 e. The van der Waals surface area contributed by atoms with E-state index in [2.05, 4.69) is 4.98 Å². The molecule has 0 saturated heterocycles. The fraction of sp³-hybridized carbons (Fsp3) is 0.556. The molecule has 1 aromatic rings. The van der Waals surface area contributed by atoms with E-state index in [0.717, 1.165) is 23.5 Å². The van der Waals surface area contributed by atoms with E-state index in [-0.39, 0.29) is 5.92 Å². The number of hydrogen-bond donors (Lipinski definition) is 1. The average molecular weight is 197 g/mol. The van der Waals surface area contributed by atoms with E-state index in [0.29, 0.717) is 5.92 Å². The fourth-order valence-corrected chi connectivity index (χ4v) is 2.43. The predicted molar refractivity (Wildman–Crippen MR) is 50.0 cm³/mol. The van der Waals surface area contributed by atoms with Crippen molar-refractivity contribution < 1.29 is 9.90 Å². The van der Waals surface area contributed by atoms with Gasteiger partial charge in [0.1, 0.15) is 10.9 Å². The van der Waals surface area contributed by atoms with Crippen molar-refractivity contribution in [3.05, 3.63) is 16.1 Å². The molecule has 3 nitrogen and oxygen atoms in total. The molecule has 0 spiro atoms. The van der Waals surface area contributed by atoms with Crippen LogP contribution < -0.4 is 0 Å². The van der Waals surface area contributed by atoms with Crippen LogP contribution >= 0.6 is 11.3 Å². The summed E-state index contributed by atoms with van der Waals surface area (Å²) in [6.07, 6.45) is 2.07. The van der Waals surface area contributed by atoms with Crippen LogP contribution in [-0.4, -0.2) is 16.1 Å². The molecule has 1 atom stereocenters. The quantitative estimate of drug-likeness (QED) is 0.806. The molecular formula is C9H11NO2S. The zero-order valence-corrected chi connectivity index (χ0v) is 8.17. The van der Waals surface area contributed by atoms with Gasteiger partial charge in [-0.2, -0.15) is 0 Å². The summed E-state index contributed by atoms with van der Waals surface area (Å²) in [6.45, 7) is 1.89. The number of aliphatic carboxylic acids is 1. The van der Waals surface area contributed by atoms with Gasteiger partial charge in [-0.15, -0.1) is 11.3 Å². The lowest BCUT2D eigenvalue weighted by Gasteiger charge is -2.05. The molecule has 0 bridgehead atoms. The second-order valence-electron chi connectivity index (χ2n) is 3.48. The van der Waals surface area contributed by atoms with Gasteiger partial charge in [0.05, 0.1) is 0 Å². The summed E-state index contributed by atoms with van der Waals surface area (Å²) in [5.41, 5.74) is 0.923. The lowest BCUT2D eigenvalue weighted by Crippen LogP contribution is -2.13. The molecule has 0 amide bonds. The van der Waals surface area contributed by atoms with E-state index in [1.54, 1.807) is 0 Å². The molecule has 1 aromatic heterocycles. The molecule has 13 heavy (non-hydrogen) atoms. The maximum atomic E-state index is 11.0. The van der Waals surface area contributed by atoms with Crippen molar-refractivity contribution in [3.8, 4) is 0 Å². The third-order valence-electron chi connectivity index (χ3n) is 2.26. The van der Waals surface area contributed by atoms with E-state index >= 15 is 0 Å². The van der Waals surface area contributed by atoms with Crippen molar-refractivity contribution in [2.45, 2.75) is 25.7 Å². The molecule has 1 fully saturated rings. The Morgan fingerprint density at radius 2 is 2.46 bits per heavy atom. The standard InChI is InChI=1S/C9H11NO2S/c1-5-4-13-8(10-5)7(9(11)12)6-2-3-6/h4,6-7H,2-3H2,1H3,(H,11,12). The summed E-state index contributed by atoms with van der Waals surface area (Å²) < 4.78 is 0. The van der Waals surface area contributed by atoms with Crippen molar-refractivity contribution in [2.24, 2.45) is 5.92 Å². The molecule has 0 aliphatic heterocycles. The smallest absolute Gasteiger partial charge is 0.313 e. The molecule has 1 saturated carbocycles. The molecule has 1 aliphatic rings. The summed E-state index contributed by atoms with van der Waals surface area (Å²) in [4.78, 5) is 15.2. The van der Waals surface area contributed by atoms with E-state index in [9.17, 15) is 4.79 Å². The number of carbonyl (C=O) groups is 1. The Morgan fingerprint density at radius 1 is 1.77 bits per heavy atom. The first-order valence-corrected chi connectivity index (χ1v) is 5.21. The monoisotopic (exact) mass is 197 g/mol. The molecule has 0 radical (unpaired) electrons. The van der Waals surface area contributed by atoms with E-state index in [1.807, 2.05) is 12.3 Å².